The molecule has 14 heavy (non-hydrogen) atoms. The summed E-state index contributed by atoms with van der Waals surface area (Å²) in [5, 5.41) is 0. The van der Waals surface area contributed by atoms with E-state index in [9.17, 15) is 4.79 Å². The van der Waals surface area contributed by atoms with Gasteiger partial charge in [-0.3, -0.25) is 4.40 Å². The van der Waals surface area contributed by atoms with Gasteiger partial charge in [-0.1, -0.05) is 0 Å². The lowest BCUT2D eigenvalue weighted by atomic mass is 10.5. The van der Waals surface area contributed by atoms with Gasteiger partial charge in [-0.25, -0.2) is 14.8 Å². The number of nitrogens with zero attached hydrogens (tertiary/aromatic N) is 3. The van der Waals surface area contributed by atoms with Crippen LogP contribution in [0.25, 0.3) is 5.78 Å². The first-order chi connectivity index (χ1) is 6.74. The van der Waals surface area contributed by atoms with E-state index in [0.717, 1.165) is 0 Å². The van der Waals surface area contributed by atoms with Crippen LogP contribution in [-0.4, -0.2) is 27.4 Å². The molecule has 0 bridgehead atoms. The third-order valence-electron chi connectivity index (χ3n) is 1.72. The molecule has 2 heterocycles. The second-order valence-corrected chi connectivity index (χ2v) is 3.28. The quantitative estimate of drug-likeness (QED) is 0.721. The van der Waals surface area contributed by atoms with Gasteiger partial charge in [-0.2, -0.15) is 0 Å². The molecule has 0 amide bonds. The van der Waals surface area contributed by atoms with Gasteiger partial charge in [0, 0.05) is 12.4 Å². The summed E-state index contributed by atoms with van der Waals surface area (Å²) in [6, 6.07) is 1.75. The topological polar surface area (TPSA) is 56.5 Å². The van der Waals surface area contributed by atoms with E-state index < -0.39 is 5.97 Å². The van der Waals surface area contributed by atoms with Gasteiger partial charge in [0.15, 0.2) is 5.69 Å². The van der Waals surface area contributed by atoms with Crippen molar-refractivity contribution in [3.63, 3.8) is 0 Å². The molecule has 2 aromatic heterocycles. The van der Waals surface area contributed by atoms with Crippen molar-refractivity contribution in [2.75, 3.05) is 7.11 Å². The van der Waals surface area contributed by atoms with E-state index in [0.29, 0.717) is 10.4 Å². The molecule has 0 aromatic carbocycles. The van der Waals surface area contributed by atoms with Crippen LogP contribution in [0.5, 0.6) is 0 Å². The highest BCUT2D eigenvalue weighted by Crippen LogP contribution is 2.17. The Morgan fingerprint density at radius 2 is 2.43 bits per heavy atom. The Bertz CT molecular complexity index is 494. The summed E-state index contributed by atoms with van der Waals surface area (Å²) in [6.45, 7) is 0. The highest BCUT2D eigenvalue weighted by atomic mass is 79.9. The molecule has 0 radical (unpaired) electrons. The van der Waals surface area contributed by atoms with Gasteiger partial charge in [-0.15, -0.1) is 0 Å². The molecule has 0 spiro atoms. The lowest BCUT2D eigenvalue weighted by Crippen LogP contribution is -2.02. The molecule has 72 valence electrons. The van der Waals surface area contributed by atoms with Crippen molar-refractivity contribution in [2.24, 2.45) is 0 Å². The average Bonchev–Trinajstić information content (AvgIpc) is 2.56. The van der Waals surface area contributed by atoms with Crippen LogP contribution in [0.1, 0.15) is 10.5 Å². The highest BCUT2D eigenvalue weighted by molar-refractivity contribution is 9.10. The normalized spacial score (nSPS) is 10.4. The molecule has 5 nitrogen and oxygen atoms in total. The summed E-state index contributed by atoms with van der Waals surface area (Å²) in [6.07, 6.45) is 3.36. The van der Waals surface area contributed by atoms with Crippen molar-refractivity contribution in [3.05, 3.63) is 28.8 Å². The van der Waals surface area contributed by atoms with E-state index in [1.807, 2.05) is 0 Å². The van der Waals surface area contributed by atoms with Crippen molar-refractivity contribution < 1.29 is 9.53 Å². The standard InChI is InChI=1S/C8H6BrN3O2/c1-14-7(13)5-6(9)12-4-2-3-10-8(12)11-5/h2-4H,1H3. The number of halogens is 1. The molecule has 2 aromatic rings. The van der Waals surface area contributed by atoms with Crippen molar-refractivity contribution in [3.8, 4) is 0 Å². The Hall–Kier alpha value is -1.43. The number of aromatic nitrogens is 3. The molecule has 0 saturated heterocycles. The molecular formula is C8H6BrN3O2. The third-order valence-corrected chi connectivity index (χ3v) is 2.48. The zero-order chi connectivity index (χ0) is 10.1. The van der Waals surface area contributed by atoms with E-state index >= 15 is 0 Å². The van der Waals surface area contributed by atoms with Crippen LogP contribution < -0.4 is 0 Å². The summed E-state index contributed by atoms with van der Waals surface area (Å²) in [5.74, 6) is -0.0258. The minimum atomic E-state index is -0.484. The van der Waals surface area contributed by atoms with E-state index in [-0.39, 0.29) is 5.69 Å². The van der Waals surface area contributed by atoms with Crippen molar-refractivity contribution in [2.45, 2.75) is 0 Å². The second kappa shape index (κ2) is 3.38. The maximum Gasteiger partial charge on any atom is 0.359 e. The molecule has 0 aliphatic heterocycles. The highest BCUT2D eigenvalue weighted by Gasteiger charge is 2.17. The zero-order valence-electron chi connectivity index (χ0n) is 7.27. The Kier molecular flexibility index (Phi) is 2.20. The number of imidazole rings is 1. The molecular weight excluding hydrogens is 250 g/mol. The number of ether oxygens (including phenoxy) is 1. The lowest BCUT2D eigenvalue weighted by molar-refractivity contribution is 0.0593. The fourth-order valence-corrected chi connectivity index (χ4v) is 1.61. The van der Waals surface area contributed by atoms with Crippen LogP contribution in [-0.2, 0) is 4.74 Å². The number of hydrogen-bond donors (Lipinski definition) is 0. The lowest BCUT2D eigenvalue weighted by Gasteiger charge is -1.94. The van der Waals surface area contributed by atoms with Crippen LogP contribution in [0.15, 0.2) is 23.1 Å². The van der Waals surface area contributed by atoms with Crippen molar-refractivity contribution >= 4 is 27.7 Å². The minimum absolute atomic E-state index is 0.228. The van der Waals surface area contributed by atoms with Crippen LogP contribution in [0.3, 0.4) is 0 Å². The zero-order valence-corrected chi connectivity index (χ0v) is 8.85. The van der Waals surface area contributed by atoms with Crippen LogP contribution in [0.4, 0.5) is 0 Å². The van der Waals surface area contributed by atoms with Gasteiger partial charge in [-0.05, 0) is 22.0 Å². The summed E-state index contributed by atoms with van der Waals surface area (Å²) < 4.78 is 6.78. The second-order valence-electron chi connectivity index (χ2n) is 2.53. The molecule has 6 heteroatoms. The van der Waals surface area contributed by atoms with Gasteiger partial charge in [0.2, 0.25) is 5.78 Å². The first-order valence-electron chi connectivity index (χ1n) is 3.81. The number of hydrogen-bond acceptors (Lipinski definition) is 4. The first kappa shape index (κ1) is 9.14. The van der Waals surface area contributed by atoms with E-state index in [2.05, 4.69) is 30.6 Å². The number of esters is 1. The Morgan fingerprint density at radius 1 is 1.64 bits per heavy atom. The van der Waals surface area contributed by atoms with Crippen molar-refractivity contribution in [1.82, 2.24) is 14.4 Å². The maximum absolute atomic E-state index is 11.2. The number of rotatable bonds is 1. The fourth-order valence-electron chi connectivity index (χ4n) is 1.09. The fraction of sp³-hybridized carbons (Fsp3) is 0.125. The molecule has 0 saturated carbocycles. The summed E-state index contributed by atoms with van der Waals surface area (Å²) in [7, 11) is 1.31. The number of carbonyl (C=O) groups is 1. The van der Waals surface area contributed by atoms with Gasteiger partial charge in [0.1, 0.15) is 4.60 Å². The van der Waals surface area contributed by atoms with Crippen LogP contribution >= 0.6 is 15.9 Å². The largest absolute Gasteiger partial charge is 0.464 e. The summed E-state index contributed by atoms with van der Waals surface area (Å²) in [4.78, 5) is 19.3. The Balaban J connectivity index is 2.68. The molecule has 0 aliphatic carbocycles. The van der Waals surface area contributed by atoms with E-state index in [1.165, 1.54) is 7.11 Å². The summed E-state index contributed by atoms with van der Waals surface area (Å²) in [5.41, 5.74) is 0.228. The molecule has 0 unspecified atom stereocenters. The first-order valence-corrected chi connectivity index (χ1v) is 4.60. The Labute approximate surface area is 87.9 Å². The predicted molar refractivity (Wildman–Crippen MR) is 52.0 cm³/mol. The third kappa shape index (κ3) is 1.27. The van der Waals surface area contributed by atoms with E-state index in [1.54, 1.807) is 22.9 Å². The van der Waals surface area contributed by atoms with Gasteiger partial charge in [0.05, 0.1) is 7.11 Å². The monoisotopic (exact) mass is 255 g/mol. The Morgan fingerprint density at radius 3 is 3.07 bits per heavy atom. The predicted octanol–water partition coefficient (Wildman–Crippen LogP) is 1.28. The smallest absolute Gasteiger partial charge is 0.359 e. The number of carbonyl (C=O) groups excluding carboxylic acids is 1. The van der Waals surface area contributed by atoms with Crippen LogP contribution in [0, 0.1) is 0 Å². The maximum atomic E-state index is 11.2. The molecule has 0 N–H and O–H groups in total. The van der Waals surface area contributed by atoms with Crippen LogP contribution in [0.2, 0.25) is 0 Å². The van der Waals surface area contributed by atoms with Gasteiger partial charge < -0.3 is 4.74 Å². The van der Waals surface area contributed by atoms with Gasteiger partial charge in [0.25, 0.3) is 0 Å². The van der Waals surface area contributed by atoms with E-state index in [4.69, 9.17) is 0 Å². The van der Waals surface area contributed by atoms with Gasteiger partial charge >= 0.3 is 5.97 Å². The minimum Gasteiger partial charge on any atom is -0.464 e. The molecule has 0 aliphatic rings. The summed E-state index contributed by atoms with van der Waals surface area (Å²) >= 11 is 3.25. The average molecular weight is 256 g/mol. The SMILES string of the molecule is COC(=O)c1nc2ncccn2c1Br. The number of methoxy groups -OCH3 is 1. The molecule has 0 fully saturated rings. The molecule has 2 rings (SSSR count). The van der Waals surface area contributed by atoms with Crippen molar-refractivity contribution in [1.29, 1.82) is 0 Å². The number of fused-ring (bicyclic) bond motifs is 1. The molecule has 0 atom stereocenters.